The molecule has 1 aliphatic rings. The Hall–Kier alpha value is -2.55. The fraction of sp³-hybridized carbons (Fsp3) is 0.312. The predicted molar refractivity (Wildman–Crippen MR) is 86.5 cm³/mol. The van der Waals surface area contributed by atoms with Gasteiger partial charge in [-0.1, -0.05) is 17.2 Å². The summed E-state index contributed by atoms with van der Waals surface area (Å²) >= 11 is 0. The highest BCUT2D eigenvalue weighted by Gasteiger charge is 2.33. The maximum Gasteiger partial charge on any atom is 0.335 e. The van der Waals surface area contributed by atoms with E-state index >= 15 is 0 Å². The Morgan fingerprint density at radius 3 is 2.68 bits per heavy atom. The third kappa shape index (κ3) is 3.93. The van der Waals surface area contributed by atoms with E-state index in [1.807, 2.05) is 0 Å². The highest BCUT2D eigenvalue weighted by Crippen LogP contribution is 2.31. The van der Waals surface area contributed by atoms with Crippen molar-refractivity contribution >= 4 is 21.8 Å². The molecule has 0 N–H and O–H groups in total. The number of carbonyl (C=O) groups is 1. The first-order valence-electron chi connectivity index (χ1n) is 7.62. The van der Waals surface area contributed by atoms with Crippen molar-refractivity contribution in [1.82, 2.24) is 15.1 Å². The number of aromatic nitrogens is 2. The fourth-order valence-corrected chi connectivity index (χ4v) is 3.06. The van der Waals surface area contributed by atoms with E-state index < -0.39 is 21.1 Å². The van der Waals surface area contributed by atoms with Crippen LogP contribution in [0.4, 0.5) is 4.39 Å². The van der Waals surface area contributed by atoms with Crippen LogP contribution < -0.4 is 0 Å². The van der Waals surface area contributed by atoms with E-state index in [2.05, 4.69) is 10.2 Å². The van der Waals surface area contributed by atoms with Crippen LogP contribution in [0.5, 0.6) is 0 Å². The molecule has 1 aliphatic heterocycles. The Morgan fingerprint density at radius 2 is 2.04 bits per heavy atom. The smallest absolute Gasteiger partial charge is 0.335 e. The van der Waals surface area contributed by atoms with Gasteiger partial charge in [-0.25, -0.2) is 12.8 Å². The minimum Gasteiger partial charge on any atom is -0.410 e. The molecule has 132 valence electrons. The zero-order valence-electron chi connectivity index (χ0n) is 13.4. The second kappa shape index (κ2) is 6.75. The largest absolute Gasteiger partial charge is 0.410 e. The van der Waals surface area contributed by atoms with E-state index in [0.717, 1.165) is 12.7 Å². The molecule has 1 saturated heterocycles. The van der Waals surface area contributed by atoms with Crippen molar-refractivity contribution in [3.05, 3.63) is 47.6 Å². The molecule has 1 fully saturated rings. The summed E-state index contributed by atoms with van der Waals surface area (Å²) in [5.41, 5.74) is 0.697. The second-order valence-electron chi connectivity index (χ2n) is 5.75. The zero-order valence-corrected chi connectivity index (χ0v) is 14.2. The van der Waals surface area contributed by atoms with Crippen LogP contribution >= 0.6 is 0 Å². The first kappa shape index (κ1) is 17.3. The topological polar surface area (TPSA) is 93.4 Å². The van der Waals surface area contributed by atoms with Crippen molar-refractivity contribution in [3.63, 3.8) is 0 Å². The van der Waals surface area contributed by atoms with Crippen LogP contribution in [-0.4, -0.2) is 42.2 Å². The number of benzene rings is 1. The lowest BCUT2D eigenvalue weighted by Gasteiger charge is -2.20. The van der Waals surface area contributed by atoms with Gasteiger partial charge in [-0.15, -0.1) is 5.10 Å². The van der Waals surface area contributed by atoms with Crippen molar-refractivity contribution in [2.75, 3.05) is 12.8 Å². The van der Waals surface area contributed by atoms with Gasteiger partial charge in [0.2, 0.25) is 21.6 Å². The van der Waals surface area contributed by atoms with Gasteiger partial charge in [0.15, 0.2) is 0 Å². The van der Waals surface area contributed by atoms with Gasteiger partial charge in [0, 0.05) is 18.9 Å². The van der Waals surface area contributed by atoms with Gasteiger partial charge < -0.3 is 9.32 Å². The van der Waals surface area contributed by atoms with Crippen LogP contribution in [0.3, 0.4) is 0 Å². The average molecular weight is 365 g/mol. The molecule has 1 aromatic carbocycles. The van der Waals surface area contributed by atoms with Crippen molar-refractivity contribution in [3.8, 4) is 0 Å². The summed E-state index contributed by atoms with van der Waals surface area (Å²) in [6.45, 7) is 0.508. The number of carbonyl (C=O) groups excluding carboxylic acids is 1. The number of hydrogen-bond acceptors (Lipinski definition) is 6. The van der Waals surface area contributed by atoms with Gasteiger partial charge in [0.1, 0.15) is 11.9 Å². The number of nitrogens with zero attached hydrogens (tertiary/aromatic N) is 3. The molecule has 25 heavy (non-hydrogen) atoms. The standard InChI is InChI=1S/C16H16FN3O4S/c1-25(22,23)16-19-18-15(24-16)13-3-2-10-20(13)14(21)9-6-11-4-7-12(17)8-5-11/h4-9,13H,2-3,10H2,1H3/b9-6+/t13-/m0/s1. The summed E-state index contributed by atoms with van der Waals surface area (Å²) in [4.78, 5) is 14.0. The Balaban J connectivity index is 1.75. The molecular formula is C16H16FN3O4S. The molecule has 0 aliphatic carbocycles. The van der Waals surface area contributed by atoms with Crippen LogP contribution in [0.1, 0.15) is 30.3 Å². The molecule has 7 nitrogen and oxygen atoms in total. The van der Waals surface area contributed by atoms with Crippen LogP contribution in [-0.2, 0) is 14.6 Å². The van der Waals surface area contributed by atoms with E-state index in [1.165, 1.54) is 18.2 Å². The van der Waals surface area contributed by atoms with Crippen molar-refractivity contribution in [2.45, 2.75) is 24.1 Å². The summed E-state index contributed by atoms with van der Waals surface area (Å²) in [6, 6.07) is 5.31. The Kier molecular flexibility index (Phi) is 4.67. The number of sulfone groups is 1. The van der Waals surface area contributed by atoms with Crippen LogP contribution in [0.2, 0.25) is 0 Å². The van der Waals surface area contributed by atoms with Gasteiger partial charge >= 0.3 is 5.22 Å². The number of rotatable bonds is 4. The molecule has 2 heterocycles. The minimum atomic E-state index is -3.59. The molecule has 1 amide bonds. The van der Waals surface area contributed by atoms with E-state index in [4.69, 9.17) is 4.42 Å². The van der Waals surface area contributed by atoms with Crippen molar-refractivity contribution < 1.29 is 22.0 Å². The molecule has 0 bridgehead atoms. The summed E-state index contributed by atoms with van der Waals surface area (Å²) in [5, 5.41) is 6.85. The molecule has 9 heteroatoms. The third-order valence-electron chi connectivity index (χ3n) is 3.85. The van der Waals surface area contributed by atoms with E-state index in [0.29, 0.717) is 18.5 Å². The van der Waals surface area contributed by atoms with Crippen LogP contribution in [0.15, 0.2) is 40.0 Å². The van der Waals surface area contributed by atoms with Gasteiger partial charge in [-0.3, -0.25) is 4.79 Å². The molecular weight excluding hydrogens is 349 g/mol. The lowest BCUT2D eigenvalue weighted by Crippen LogP contribution is -2.29. The maximum atomic E-state index is 12.9. The van der Waals surface area contributed by atoms with E-state index in [1.54, 1.807) is 23.1 Å². The van der Waals surface area contributed by atoms with Crippen LogP contribution in [0, 0.1) is 5.82 Å². The number of hydrogen-bond donors (Lipinski definition) is 0. The summed E-state index contributed by atoms with van der Waals surface area (Å²) in [5.74, 6) is -0.492. The highest BCUT2D eigenvalue weighted by atomic mass is 32.2. The minimum absolute atomic E-state index is 0.112. The van der Waals surface area contributed by atoms with Gasteiger partial charge in [0.05, 0.1) is 0 Å². The van der Waals surface area contributed by atoms with Crippen molar-refractivity contribution in [2.24, 2.45) is 0 Å². The van der Waals surface area contributed by atoms with Gasteiger partial charge in [-0.2, -0.15) is 0 Å². The summed E-state index contributed by atoms with van der Waals surface area (Å²) in [6.07, 6.45) is 5.32. The lowest BCUT2D eigenvalue weighted by atomic mass is 10.2. The molecule has 1 aromatic heterocycles. The number of amides is 1. The molecule has 0 radical (unpaired) electrons. The van der Waals surface area contributed by atoms with E-state index in [-0.39, 0.29) is 17.6 Å². The number of halogens is 1. The molecule has 1 atom stereocenters. The molecule has 0 saturated carbocycles. The van der Waals surface area contributed by atoms with Crippen LogP contribution in [0.25, 0.3) is 6.08 Å². The third-order valence-corrected chi connectivity index (χ3v) is 4.65. The van der Waals surface area contributed by atoms with E-state index in [9.17, 15) is 17.6 Å². The highest BCUT2D eigenvalue weighted by molar-refractivity contribution is 7.90. The molecule has 0 spiro atoms. The maximum absolute atomic E-state index is 12.9. The average Bonchev–Trinajstić information content (AvgIpc) is 3.22. The molecule has 0 unspecified atom stereocenters. The first-order chi connectivity index (χ1) is 11.8. The monoisotopic (exact) mass is 365 g/mol. The van der Waals surface area contributed by atoms with Crippen molar-refractivity contribution in [1.29, 1.82) is 0 Å². The Labute approximate surface area is 144 Å². The Morgan fingerprint density at radius 1 is 1.32 bits per heavy atom. The van der Waals surface area contributed by atoms with Gasteiger partial charge in [0.25, 0.3) is 0 Å². The fourth-order valence-electron chi connectivity index (χ4n) is 2.63. The predicted octanol–water partition coefficient (Wildman–Crippen LogP) is 1.99. The summed E-state index contributed by atoms with van der Waals surface area (Å²) < 4.78 is 41.0. The second-order valence-corrected chi connectivity index (χ2v) is 7.65. The zero-order chi connectivity index (χ0) is 18.0. The quantitative estimate of drug-likeness (QED) is 0.769. The first-order valence-corrected chi connectivity index (χ1v) is 9.51. The summed E-state index contributed by atoms with van der Waals surface area (Å²) in [7, 11) is -3.59. The van der Waals surface area contributed by atoms with Gasteiger partial charge in [-0.05, 0) is 36.6 Å². The molecule has 2 aromatic rings. The Bertz CT molecular complexity index is 906. The SMILES string of the molecule is CS(=O)(=O)c1nnc([C@@H]2CCCN2C(=O)/C=C/c2ccc(F)cc2)o1. The lowest BCUT2D eigenvalue weighted by molar-refractivity contribution is -0.127. The normalized spacial score (nSPS) is 18.2. The number of likely N-dealkylation sites (tertiary alicyclic amines) is 1. The molecule has 3 rings (SSSR count).